The lowest BCUT2D eigenvalue weighted by Crippen LogP contribution is -2.35. The number of pyridine rings is 1. The van der Waals surface area contributed by atoms with Gasteiger partial charge in [-0.05, 0) is 67.5 Å². The molecule has 0 saturated carbocycles. The molecule has 0 bridgehead atoms. The number of carbonyl (C=O) groups excluding carboxylic acids is 2. The third-order valence-corrected chi connectivity index (χ3v) is 6.88. The van der Waals surface area contributed by atoms with Crippen LogP contribution in [0, 0.1) is 6.92 Å². The Hall–Kier alpha value is -4.23. The second kappa shape index (κ2) is 10.6. The van der Waals surface area contributed by atoms with Crippen LogP contribution in [-0.4, -0.2) is 38.0 Å². The average molecular weight is 526 g/mol. The summed E-state index contributed by atoms with van der Waals surface area (Å²) in [5.41, 5.74) is 6.36. The van der Waals surface area contributed by atoms with Crippen LogP contribution in [0.1, 0.15) is 58.5 Å². The molecule has 0 spiro atoms. The smallest absolute Gasteiger partial charge is 0.272 e. The fourth-order valence-corrected chi connectivity index (χ4v) is 4.71. The van der Waals surface area contributed by atoms with E-state index in [1.807, 2.05) is 68.4 Å². The van der Waals surface area contributed by atoms with Gasteiger partial charge in [0.15, 0.2) is 5.69 Å². The zero-order valence-corrected chi connectivity index (χ0v) is 22.2. The normalized spacial score (nSPS) is 14.7. The van der Waals surface area contributed by atoms with Crippen molar-refractivity contribution in [3.8, 4) is 5.69 Å². The van der Waals surface area contributed by atoms with Gasteiger partial charge in [0.25, 0.3) is 5.91 Å². The Morgan fingerprint density at radius 1 is 1.03 bits per heavy atom. The first kappa shape index (κ1) is 25.4. The highest BCUT2D eigenvalue weighted by atomic mass is 35.5. The van der Waals surface area contributed by atoms with Crippen molar-refractivity contribution in [1.82, 2.24) is 25.0 Å². The number of aromatic nitrogens is 3. The van der Waals surface area contributed by atoms with Crippen LogP contribution < -0.4 is 5.32 Å². The number of carbonyl (C=O) groups is 2. The Morgan fingerprint density at radius 3 is 2.42 bits per heavy atom. The molecule has 1 atom stereocenters. The summed E-state index contributed by atoms with van der Waals surface area (Å²) in [6.45, 7) is 6.15. The maximum Gasteiger partial charge on any atom is 0.272 e. The minimum atomic E-state index is -0.327. The SMILES string of the molecule is CC(=O)N1C/C(=C\c2ccc(C)cc2)c2c(c(C(=O)NC(C)c3ccccn3)nn2-c2ccc(Cl)cc2)C1. The molecule has 4 aromatic rings. The highest BCUT2D eigenvalue weighted by Crippen LogP contribution is 2.34. The van der Waals surface area contributed by atoms with Gasteiger partial charge in [-0.3, -0.25) is 14.6 Å². The lowest BCUT2D eigenvalue weighted by atomic mass is 9.97. The Bertz CT molecular complexity index is 1510. The molecule has 5 rings (SSSR count). The molecule has 0 fully saturated rings. The number of benzene rings is 2. The molecule has 8 heteroatoms. The van der Waals surface area contributed by atoms with Crippen LogP contribution in [-0.2, 0) is 11.3 Å². The summed E-state index contributed by atoms with van der Waals surface area (Å²) in [5.74, 6) is -0.398. The zero-order chi connectivity index (χ0) is 26.8. The number of nitrogens with one attached hydrogen (secondary N) is 1. The van der Waals surface area contributed by atoms with Crippen LogP contribution in [0.15, 0.2) is 72.9 Å². The van der Waals surface area contributed by atoms with Gasteiger partial charge in [-0.25, -0.2) is 4.68 Å². The van der Waals surface area contributed by atoms with Crippen LogP contribution in [0.25, 0.3) is 17.3 Å². The molecular formula is C30H28ClN5O2. The zero-order valence-electron chi connectivity index (χ0n) is 21.5. The number of hydrogen-bond donors (Lipinski definition) is 1. The first-order valence-electron chi connectivity index (χ1n) is 12.4. The van der Waals surface area contributed by atoms with Crippen molar-refractivity contribution >= 4 is 35.1 Å². The van der Waals surface area contributed by atoms with Crippen LogP contribution in [0.3, 0.4) is 0 Å². The molecule has 1 aliphatic rings. The average Bonchev–Trinajstić information content (AvgIpc) is 3.31. The fraction of sp³-hybridized carbons (Fsp3) is 0.200. The Balaban J connectivity index is 1.65. The summed E-state index contributed by atoms with van der Waals surface area (Å²) < 4.78 is 1.78. The monoisotopic (exact) mass is 525 g/mol. The van der Waals surface area contributed by atoms with E-state index in [4.69, 9.17) is 16.7 Å². The molecule has 2 aromatic heterocycles. The van der Waals surface area contributed by atoms with E-state index in [9.17, 15) is 9.59 Å². The molecule has 2 aromatic carbocycles. The van der Waals surface area contributed by atoms with Gasteiger partial charge >= 0.3 is 0 Å². The molecule has 1 aliphatic heterocycles. The fourth-order valence-electron chi connectivity index (χ4n) is 4.58. The van der Waals surface area contributed by atoms with Crippen molar-refractivity contribution in [2.45, 2.75) is 33.4 Å². The third kappa shape index (κ3) is 5.24. The van der Waals surface area contributed by atoms with E-state index in [2.05, 4.69) is 16.4 Å². The highest BCUT2D eigenvalue weighted by Gasteiger charge is 2.33. The third-order valence-electron chi connectivity index (χ3n) is 6.63. The van der Waals surface area contributed by atoms with Gasteiger partial charge in [-0.1, -0.05) is 47.5 Å². The minimum Gasteiger partial charge on any atom is -0.343 e. The highest BCUT2D eigenvalue weighted by molar-refractivity contribution is 6.30. The number of hydrogen-bond acceptors (Lipinski definition) is 4. The summed E-state index contributed by atoms with van der Waals surface area (Å²) in [6.07, 6.45) is 3.75. The lowest BCUT2D eigenvalue weighted by molar-refractivity contribution is -0.128. The van der Waals surface area contributed by atoms with Crippen molar-refractivity contribution in [2.24, 2.45) is 0 Å². The summed E-state index contributed by atoms with van der Waals surface area (Å²) in [7, 11) is 0. The maximum atomic E-state index is 13.6. The second-order valence-electron chi connectivity index (χ2n) is 9.47. The van der Waals surface area contributed by atoms with Gasteiger partial charge in [-0.15, -0.1) is 0 Å². The minimum absolute atomic E-state index is 0.0714. The van der Waals surface area contributed by atoms with Crippen LogP contribution in [0.4, 0.5) is 0 Å². The van der Waals surface area contributed by atoms with E-state index in [1.54, 1.807) is 34.8 Å². The molecule has 0 saturated heterocycles. The number of aryl methyl sites for hydroxylation is 1. The van der Waals surface area contributed by atoms with Crippen molar-refractivity contribution in [3.05, 3.63) is 112 Å². The van der Waals surface area contributed by atoms with Crippen molar-refractivity contribution in [2.75, 3.05) is 6.54 Å². The predicted octanol–water partition coefficient (Wildman–Crippen LogP) is 5.62. The van der Waals surface area contributed by atoms with Gasteiger partial charge in [0.2, 0.25) is 5.91 Å². The van der Waals surface area contributed by atoms with E-state index < -0.39 is 0 Å². The van der Waals surface area contributed by atoms with Gasteiger partial charge < -0.3 is 10.2 Å². The number of rotatable bonds is 5. The largest absolute Gasteiger partial charge is 0.343 e. The summed E-state index contributed by atoms with van der Waals surface area (Å²) in [5, 5.41) is 8.44. The molecule has 1 N–H and O–H groups in total. The number of amides is 2. The van der Waals surface area contributed by atoms with Gasteiger partial charge in [0.1, 0.15) is 0 Å². The number of nitrogens with zero attached hydrogens (tertiary/aromatic N) is 4. The van der Waals surface area contributed by atoms with Gasteiger partial charge in [-0.2, -0.15) is 5.10 Å². The molecule has 7 nitrogen and oxygen atoms in total. The molecule has 1 unspecified atom stereocenters. The number of halogens is 1. The van der Waals surface area contributed by atoms with E-state index in [0.717, 1.165) is 33.8 Å². The predicted molar refractivity (Wildman–Crippen MR) is 149 cm³/mol. The Labute approximate surface area is 226 Å². The molecule has 2 amide bonds. The van der Waals surface area contributed by atoms with Crippen molar-refractivity contribution < 1.29 is 9.59 Å². The Morgan fingerprint density at radius 2 is 1.76 bits per heavy atom. The van der Waals surface area contributed by atoms with E-state index in [1.165, 1.54) is 0 Å². The molecule has 192 valence electrons. The van der Waals surface area contributed by atoms with E-state index >= 15 is 0 Å². The van der Waals surface area contributed by atoms with E-state index in [-0.39, 0.29) is 30.1 Å². The molecule has 38 heavy (non-hydrogen) atoms. The van der Waals surface area contributed by atoms with Crippen molar-refractivity contribution in [1.29, 1.82) is 0 Å². The molecule has 0 aliphatic carbocycles. The molecular weight excluding hydrogens is 498 g/mol. The maximum absolute atomic E-state index is 13.6. The van der Waals surface area contributed by atoms with Crippen LogP contribution in [0.2, 0.25) is 5.02 Å². The van der Waals surface area contributed by atoms with Crippen LogP contribution in [0.5, 0.6) is 0 Å². The van der Waals surface area contributed by atoms with Gasteiger partial charge in [0.05, 0.1) is 29.7 Å². The topological polar surface area (TPSA) is 80.1 Å². The van der Waals surface area contributed by atoms with Crippen molar-refractivity contribution in [3.63, 3.8) is 0 Å². The molecule has 3 heterocycles. The first-order valence-corrected chi connectivity index (χ1v) is 12.8. The molecule has 0 radical (unpaired) electrons. The van der Waals surface area contributed by atoms with Crippen LogP contribution >= 0.6 is 11.6 Å². The lowest BCUT2D eigenvalue weighted by Gasteiger charge is -2.29. The van der Waals surface area contributed by atoms with E-state index in [0.29, 0.717) is 17.1 Å². The number of fused-ring (bicyclic) bond motifs is 1. The Kier molecular flexibility index (Phi) is 7.11. The summed E-state index contributed by atoms with van der Waals surface area (Å²) in [4.78, 5) is 32.3. The second-order valence-corrected chi connectivity index (χ2v) is 9.91. The quantitative estimate of drug-likeness (QED) is 0.366. The van der Waals surface area contributed by atoms with Gasteiger partial charge in [0, 0.05) is 30.3 Å². The first-order chi connectivity index (χ1) is 18.3. The summed E-state index contributed by atoms with van der Waals surface area (Å²) in [6, 6.07) is 20.8. The summed E-state index contributed by atoms with van der Waals surface area (Å²) >= 11 is 6.16. The standard InChI is InChI=1S/C30H28ClN5O2/c1-19-7-9-22(10-8-19)16-23-17-35(21(3)37)18-26-28(30(38)33-20(2)27-6-4-5-15-32-27)34-36(29(23)26)25-13-11-24(31)12-14-25/h4-16,20H,17-18H2,1-3H3,(H,33,38)/b23-16+.